The van der Waals surface area contributed by atoms with E-state index in [4.69, 9.17) is 9.47 Å². The van der Waals surface area contributed by atoms with Crippen LogP contribution in [-0.2, 0) is 14.3 Å². The van der Waals surface area contributed by atoms with Gasteiger partial charge in [0.05, 0.1) is 6.10 Å². The third kappa shape index (κ3) is 5.03. The number of ketones is 1. The number of phenolic OH excluding ortho intramolecular Hbond substituents is 1. The molecule has 0 spiro atoms. The average molecular weight is 376 g/mol. The largest absolute Gasteiger partial charge is 0.507 e. The Hall–Kier alpha value is -2.48. The Morgan fingerprint density at radius 3 is 2.56 bits per heavy atom. The van der Waals surface area contributed by atoms with Gasteiger partial charge in [-0.25, -0.2) is 4.79 Å². The Kier molecular flexibility index (Phi) is 6.90. The lowest BCUT2D eigenvalue weighted by Gasteiger charge is -2.21. The lowest BCUT2D eigenvalue weighted by Crippen LogP contribution is -2.33. The normalized spacial score (nSPS) is 29.4. The van der Waals surface area contributed by atoms with E-state index in [2.05, 4.69) is 0 Å². The van der Waals surface area contributed by atoms with E-state index in [-0.39, 0.29) is 17.7 Å². The zero-order chi connectivity index (χ0) is 20.1. The number of aliphatic hydroxyl groups is 2. The molecule has 146 valence electrons. The number of esters is 1. The molecule has 1 aromatic rings. The maximum atomic E-state index is 12.6. The van der Waals surface area contributed by atoms with Gasteiger partial charge in [0.1, 0.15) is 29.6 Å². The molecule has 0 fully saturated rings. The minimum absolute atomic E-state index is 0.00860. The molecule has 7 heteroatoms. The highest BCUT2D eigenvalue weighted by Gasteiger charge is 2.26. The van der Waals surface area contributed by atoms with Crippen LogP contribution in [0.1, 0.15) is 34.8 Å². The predicted molar refractivity (Wildman–Crippen MR) is 98.3 cm³/mol. The summed E-state index contributed by atoms with van der Waals surface area (Å²) in [4.78, 5) is 24.6. The van der Waals surface area contributed by atoms with Crippen molar-refractivity contribution in [3.8, 4) is 5.75 Å². The lowest BCUT2D eigenvalue weighted by molar-refractivity contribution is -0.127. The van der Waals surface area contributed by atoms with E-state index in [0.717, 1.165) is 11.6 Å². The van der Waals surface area contributed by atoms with Crippen LogP contribution in [0.4, 0.5) is 0 Å². The van der Waals surface area contributed by atoms with Crippen molar-refractivity contribution in [3.05, 3.63) is 47.1 Å². The van der Waals surface area contributed by atoms with Gasteiger partial charge in [-0.2, -0.15) is 0 Å². The fourth-order valence-electron chi connectivity index (χ4n) is 2.81. The van der Waals surface area contributed by atoms with E-state index in [0.29, 0.717) is 5.56 Å². The summed E-state index contributed by atoms with van der Waals surface area (Å²) in [7, 11) is 1.38. The first-order valence-electron chi connectivity index (χ1n) is 8.56. The number of rotatable bonds is 1. The number of hydrogen-bond donors (Lipinski definition) is 3. The second-order valence-electron chi connectivity index (χ2n) is 6.47. The summed E-state index contributed by atoms with van der Waals surface area (Å²) in [6.45, 7) is 3.34. The third-order valence-corrected chi connectivity index (χ3v) is 4.31. The molecule has 1 heterocycles. The molecule has 0 saturated heterocycles. The lowest BCUT2D eigenvalue weighted by atomic mass is 10.00. The second-order valence-corrected chi connectivity index (χ2v) is 6.47. The zero-order valence-electron chi connectivity index (χ0n) is 15.5. The molecule has 0 amide bonds. The van der Waals surface area contributed by atoms with Crippen molar-refractivity contribution in [1.82, 2.24) is 0 Å². The summed E-state index contributed by atoms with van der Waals surface area (Å²) >= 11 is 0. The van der Waals surface area contributed by atoms with Crippen molar-refractivity contribution in [2.24, 2.45) is 0 Å². The van der Waals surface area contributed by atoms with E-state index < -0.39 is 36.2 Å². The smallest absolute Gasteiger partial charge is 0.342 e. The summed E-state index contributed by atoms with van der Waals surface area (Å²) in [5.41, 5.74) is 1.12. The van der Waals surface area contributed by atoms with Gasteiger partial charge in [-0.15, -0.1) is 0 Å². The summed E-state index contributed by atoms with van der Waals surface area (Å²) in [6, 6.07) is 3.14. The van der Waals surface area contributed by atoms with Gasteiger partial charge in [0.15, 0.2) is 5.78 Å². The van der Waals surface area contributed by atoms with Crippen LogP contribution < -0.4 is 0 Å². The number of carbonyl (C=O) groups excluding carboxylic acids is 2. The summed E-state index contributed by atoms with van der Waals surface area (Å²) < 4.78 is 10.6. The van der Waals surface area contributed by atoms with Gasteiger partial charge in [-0.1, -0.05) is 18.2 Å². The molecule has 0 aromatic heterocycles. The molecule has 1 aromatic carbocycles. The molecule has 1 aliphatic rings. The minimum Gasteiger partial charge on any atom is -0.507 e. The molecule has 3 N–H and O–H groups in total. The molecule has 4 atom stereocenters. The van der Waals surface area contributed by atoms with Gasteiger partial charge in [0.2, 0.25) is 0 Å². The van der Waals surface area contributed by atoms with Crippen LogP contribution >= 0.6 is 0 Å². The number of benzene rings is 1. The number of methoxy groups -OCH3 is 1. The molecular formula is C20H24O7. The van der Waals surface area contributed by atoms with Gasteiger partial charge in [-0.05, 0) is 49.6 Å². The van der Waals surface area contributed by atoms with Crippen LogP contribution in [0.3, 0.4) is 0 Å². The van der Waals surface area contributed by atoms with E-state index in [1.54, 1.807) is 19.9 Å². The summed E-state index contributed by atoms with van der Waals surface area (Å²) in [6.07, 6.45) is 1.06. The second kappa shape index (κ2) is 8.94. The Morgan fingerprint density at radius 2 is 1.89 bits per heavy atom. The van der Waals surface area contributed by atoms with Gasteiger partial charge < -0.3 is 24.8 Å². The molecule has 0 aliphatic carbocycles. The molecule has 0 saturated carbocycles. The predicted octanol–water partition coefficient (Wildman–Crippen LogP) is 1.52. The maximum absolute atomic E-state index is 12.6. The average Bonchev–Trinajstić information content (AvgIpc) is 2.59. The highest BCUT2D eigenvalue weighted by molar-refractivity contribution is 5.97. The highest BCUT2D eigenvalue weighted by atomic mass is 16.6. The highest BCUT2D eigenvalue weighted by Crippen LogP contribution is 2.27. The number of aryl methyl sites for hydroxylation is 1. The Labute approximate surface area is 157 Å². The fourth-order valence-corrected chi connectivity index (χ4v) is 2.81. The van der Waals surface area contributed by atoms with Crippen LogP contribution in [-0.4, -0.2) is 58.6 Å². The maximum Gasteiger partial charge on any atom is 0.342 e. The summed E-state index contributed by atoms with van der Waals surface area (Å²) in [5, 5.41) is 30.2. The van der Waals surface area contributed by atoms with Crippen molar-refractivity contribution in [3.63, 3.8) is 0 Å². The number of phenols is 1. The number of aliphatic hydroxyl groups excluding tert-OH is 2. The van der Waals surface area contributed by atoms with Crippen LogP contribution in [0.15, 0.2) is 30.4 Å². The van der Waals surface area contributed by atoms with Gasteiger partial charge >= 0.3 is 5.97 Å². The minimum atomic E-state index is -1.59. The Balaban J connectivity index is 2.50. The van der Waals surface area contributed by atoms with Gasteiger partial charge in [0.25, 0.3) is 0 Å². The first-order valence-corrected chi connectivity index (χ1v) is 8.56. The number of fused-ring (bicyclic) bond motifs is 1. The Bertz CT molecular complexity index is 766. The van der Waals surface area contributed by atoms with Crippen LogP contribution in [0.5, 0.6) is 5.75 Å². The van der Waals surface area contributed by atoms with Crippen LogP contribution in [0, 0.1) is 6.92 Å². The quantitative estimate of drug-likeness (QED) is 0.637. The first-order chi connectivity index (χ1) is 12.7. The van der Waals surface area contributed by atoms with E-state index in [1.807, 2.05) is 0 Å². The van der Waals surface area contributed by atoms with E-state index in [1.165, 1.54) is 31.4 Å². The van der Waals surface area contributed by atoms with Crippen molar-refractivity contribution >= 4 is 17.8 Å². The third-order valence-electron chi connectivity index (χ3n) is 4.31. The number of aromatic hydroxyl groups is 1. The van der Waals surface area contributed by atoms with Crippen molar-refractivity contribution in [1.29, 1.82) is 0 Å². The number of carbonyl (C=O) groups is 2. The number of cyclic esters (lactones) is 1. The molecule has 27 heavy (non-hydrogen) atoms. The number of ether oxygens (including phenoxy) is 2. The topological polar surface area (TPSA) is 113 Å². The fraction of sp³-hybridized carbons (Fsp3) is 0.400. The molecule has 2 rings (SSSR count). The molecule has 0 radical (unpaired) electrons. The molecule has 7 nitrogen and oxygen atoms in total. The monoisotopic (exact) mass is 376 g/mol. The van der Waals surface area contributed by atoms with Crippen LogP contribution in [0.25, 0.3) is 6.08 Å². The van der Waals surface area contributed by atoms with Crippen molar-refractivity contribution < 1.29 is 34.4 Å². The molecule has 1 aliphatic heterocycles. The Morgan fingerprint density at radius 1 is 1.19 bits per heavy atom. The van der Waals surface area contributed by atoms with Gasteiger partial charge in [-0.3, -0.25) is 4.79 Å². The van der Waals surface area contributed by atoms with Gasteiger partial charge in [0, 0.05) is 7.11 Å². The van der Waals surface area contributed by atoms with E-state index in [9.17, 15) is 24.9 Å². The number of hydrogen-bond acceptors (Lipinski definition) is 7. The molecule has 1 unspecified atom stereocenters. The first kappa shape index (κ1) is 20.8. The van der Waals surface area contributed by atoms with Crippen molar-refractivity contribution in [2.45, 2.75) is 44.7 Å². The van der Waals surface area contributed by atoms with E-state index >= 15 is 0 Å². The standard InChI is InChI=1S/C20H24O7/c1-11-9-13-5-4-6-14(21)19(24)15(22)7-8-17(26-3)12(2)27-20(25)18(13)16(23)10-11/h4-5,7-10,12,14,17,19,21,23-24H,6H2,1-3H3/b5-4+,8-7-/t12?,14-,17+,19-/m0/s1. The zero-order valence-corrected chi connectivity index (χ0v) is 15.5. The SMILES string of the molecule is CO[C@@H]1/C=C\C(=O)[C@@H](O)[C@@H](O)C/C=C/c2cc(C)cc(O)c2C(=O)OC1C. The van der Waals surface area contributed by atoms with Crippen LogP contribution in [0.2, 0.25) is 0 Å². The summed E-state index contributed by atoms with van der Waals surface area (Å²) in [5.74, 6) is -1.64. The van der Waals surface area contributed by atoms with Crippen molar-refractivity contribution in [2.75, 3.05) is 7.11 Å². The molecule has 0 bridgehead atoms. The molecular weight excluding hydrogens is 352 g/mol.